The molecule has 0 spiro atoms. The number of terminal acetylenes is 1. The quantitative estimate of drug-likeness (QED) is 0.426. The Morgan fingerprint density at radius 3 is 2.06 bits per heavy atom. The summed E-state index contributed by atoms with van der Waals surface area (Å²) in [6, 6.07) is 17.6. The van der Waals surface area contributed by atoms with Gasteiger partial charge in [0, 0.05) is 23.7 Å². The van der Waals surface area contributed by atoms with Crippen molar-refractivity contribution in [2.75, 3.05) is 18.4 Å². The van der Waals surface area contributed by atoms with Crippen molar-refractivity contribution >= 4 is 29.2 Å². The second kappa shape index (κ2) is 18.3. The number of amides is 3. The van der Waals surface area contributed by atoms with Crippen molar-refractivity contribution in [3.05, 3.63) is 65.2 Å². The van der Waals surface area contributed by atoms with Crippen LogP contribution in [0.15, 0.2) is 54.6 Å². The number of carbonyl (C=O) groups excluding carboxylic acids is 2. The van der Waals surface area contributed by atoms with Crippen molar-refractivity contribution < 1.29 is 9.59 Å². The maximum absolute atomic E-state index is 10.5. The Labute approximate surface area is 215 Å². The van der Waals surface area contributed by atoms with Crippen molar-refractivity contribution in [3.63, 3.8) is 0 Å². The number of hydrogen-bond donors (Lipinski definition) is 4. The fourth-order valence-corrected chi connectivity index (χ4v) is 4.16. The second-order valence-corrected chi connectivity index (χ2v) is 9.00. The van der Waals surface area contributed by atoms with Crippen LogP contribution in [0, 0.1) is 18.8 Å². The highest BCUT2D eigenvalue weighted by atomic mass is 35.5. The van der Waals surface area contributed by atoms with Gasteiger partial charge in [-0.15, -0.1) is 12.8 Å². The Morgan fingerprint density at radius 1 is 0.971 bits per heavy atom. The third-order valence-electron chi connectivity index (χ3n) is 5.69. The van der Waals surface area contributed by atoms with Gasteiger partial charge in [0.05, 0.1) is 0 Å². The largest absolute Gasteiger partial charge is 0.352 e. The van der Waals surface area contributed by atoms with Gasteiger partial charge in [-0.25, -0.2) is 4.79 Å². The van der Waals surface area contributed by atoms with Gasteiger partial charge in [-0.05, 0) is 80.9 Å². The lowest BCUT2D eigenvalue weighted by Crippen LogP contribution is -2.36. The van der Waals surface area contributed by atoms with Crippen LogP contribution in [0.2, 0.25) is 5.02 Å². The van der Waals surface area contributed by atoms with E-state index in [4.69, 9.17) is 17.3 Å². The number of nitrogens with two attached hydrogens (primary N) is 1. The van der Waals surface area contributed by atoms with Gasteiger partial charge in [0.2, 0.25) is 5.91 Å². The second-order valence-electron chi connectivity index (χ2n) is 8.56. The summed E-state index contributed by atoms with van der Waals surface area (Å²) >= 11 is 5.84. The third-order valence-corrected chi connectivity index (χ3v) is 5.94. The van der Waals surface area contributed by atoms with E-state index in [0.29, 0.717) is 6.04 Å². The molecule has 0 atom stereocenters. The lowest BCUT2D eigenvalue weighted by molar-refractivity contribution is -0.114. The van der Waals surface area contributed by atoms with Crippen molar-refractivity contribution in [2.45, 2.75) is 57.9 Å². The number of carbonyl (C=O) groups is 2. The minimum Gasteiger partial charge on any atom is -0.352 e. The molecule has 190 valence electrons. The molecule has 2 aromatic carbocycles. The van der Waals surface area contributed by atoms with Crippen molar-refractivity contribution in [3.8, 4) is 12.8 Å². The molecular weight excluding hydrogens is 460 g/mol. The zero-order valence-electron chi connectivity index (χ0n) is 20.6. The average Bonchev–Trinajstić information content (AvgIpc) is 3.36. The molecule has 6 nitrogen and oxygen atoms in total. The monoisotopic (exact) mass is 498 g/mol. The first-order valence-corrected chi connectivity index (χ1v) is 12.5. The number of anilines is 1. The van der Waals surface area contributed by atoms with Gasteiger partial charge in [-0.3, -0.25) is 4.79 Å². The van der Waals surface area contributed by atoms with Crippen LogP contribution in [0.25, 0.3) is 0 Å². The number of para-hydroxylation sites is 1. The van der Waals surface area contributed by atoms with E-state index >= 15 is 0 Å². The van der Waals surface area contributed by atoms with E-state index in [-0.39, 0.29) is 11.9 Å². The molecule has 1 aliphatic carbocycles. The molecule has 1 aliphatic heterocycles. The molecule has 2 fully saturated rings. The predicted molar refractivity (Wildman–Crippen MR) is 146 cm³/mol. The molecular formula is C28H39ClN4O2. The smallest absolute Gasteiger partial charge is 0.312 e. The number of rotatable bonds is 4. The molecule has 1 saturated heterocycles. The van der Waals surface area contributed by atoms with E-state index in [0.717, 1.165) is 29.5 Å². The van der Waals surface area contributed by atoms with E-state index in [2.05, 4.69) is 40.9 Å². The molecule has 1 saturated carbocycles. The molecule has 3 amide bonds. The molecule has 2 aromatic rings. The third kappa shape index (κ3) is 14.8. The maximum atomic E-state index is 10.5. The Bertz CT molecular complexity index is 860. The molecule has 0 aromatic heterocycles. The van der Waals surface area contributed by atoms with Gasteiger partial charge in [-0.1, -0.05) is 54.8 Å². The number of piperidine rings is 1. The normalized spacial score (nSPS) is 15.1. The Balaban J connectivity index is 0.000000261. The number of benzene rings is 2. The Kier molecular flexibility index (Phi) is 15.7. The van der Waals surface area contributed by atoms with Gasteiger partial charge < -0.3 is 21.7 Å². The highest BCUT2D eigenvalue weighted by Gasteiger charge is 2.15. The standard InChI is InChI=1S/C12H16ClN.C8H9NO.C6H12N2O.C2H2/c13-12-3-1-10(2-4-12)9-11-5-7-14-8-6-11;1-7(10)9-8-5-3-2-4-6-8;7-6(9)8-5-3-1-2-4-5;1-2/h1-4,11,14H,5-9H2;2-6H,1H3,(H,9,10);5H,1-4H2,(H3,7,8,9);1-2H. The van der Waals surface area contributed by atoms with Crippen molar-refractivity contribution in [2.24, 2.45) is 11.7 Å². The summed E-state index contributed by atoms with van der Waals surface area (Å²) in [5, 5.41) is 9.57. The molecule has 2 aliphatic rings. The van der Waals surface area contributed by atoms with Crippen molar-refractivity contribution in [1.82, 2.24) is 10.6 Å². The van der Waals surface area contributed by atoms with Gasteiger partial charge in [0.1, 0.15) is 0 Å². The molecule has 35 heavy (non-hydrogen) atoms. The predicted octanol–water partition coefficient (Wildman–Crippen LogP) is 5.37. The van der Waals surface area contributed by atoms with Gasteiger partial charge in [0.15, 0.2) is 0 Å². The lowest BCUT2D eigenvalue weighted by Gasteiger charge is -2.22. The highest BCUT2D eigenvalue weighted by Crippen LogP contribution is 2.19. The fraction of sp³-hybridized carbons (Fsp3) is 0.429. The van der Waals surface area contributed by atoms with Crippen LogP contribution in [0.4, 0.5) is 10.5 Å². The Hall–Kier alpha value is -3.01. The molecule has 1 heterocycles. The highest BCUT2D eigenvalue weighted by molar-refractivity contribution is 6.30. The van der Waals surface area contributed by atoms with E-state index in [9.17, 15) is 9.59 Å². The summed E-state index contributed by atoms with van der Waals surface area (Å²) in [5.74, 6) is 0.823. The Morgan fingerprint density at radius 2 is 1.54 bits per heavy atom. The fourth-order valence-electron chi connectivity index (χ4n) is 4.04. The van der Waals surface area contributed by atoms with Crippen molar-refractivity contribution in [1.29, 1.82) is 0 Å². The van der Waals surface area contributed by atoms with Crippen LogP contribution >= 0.6 is 11.6 Å². The van der Waals surface area contributed by atoms with E-state index in [1.807, 2.05) is 42.5 Å². The zero-order valence-corrected chi connectivity index (χ0v) is 21.4. The molecule has 0 bridgehead atoms. The summed E-state index contributed by atoms with van der Waals surface area (Å²) in [7, 11) is 0. The lowest BCUT2D eigenvalue weighted by atomic mass is 9.91. The first-order valence-electron chi connectivity index (χ1n) is 12.1. The summed E-state index contributed by atoms with van der Waals surface area (Å²) in [6.07, 6.45) is 16.5. The summed E-state index contributed by atoms with van der Waals surface area (Å²) in [4.78, 5) is 20.8. The van der Waals surface area contributed by atoms with Crippen LogP contribution in [0.3, 0.4) is 0 Å². The van der Waals surface area contributed by atoms with Gasteiger partial charge >= 0.3 is 6.03 Å². The molecule has 5 N–H and O–H groups in total. The molecule has 0 radical (unpaired) electrons. The maximum Gasteiger partial charge on any atom is 0.312 e. The first-order chi connectivity index (χ1) is 16.9. The van der Waals surface area contributed by atoms with Crippen LogP contribution in [0.1, 0.15) is 51.0 Å². The molecule has 7 heteroatoms. The number of urea groups is 1. The van der Waals surface area contributed by atoms with E-state index < -0.39 is 0 Å². The van der Waals surface area contributed by atoms with Crippen LogP contribution in [-0.4, -0.2) is 31.1 Å². The summed E-state index contributed by atoms with van der Waals surface area (Å²) in [6.45, 7) is 3.85. The minimum absolute atomic E-state index is 0.0359. The minimum atomic E-state index is -0.387. The number of primary amides is 1. The van der Waals surface area contributed by atoms with Gasteiger partial charge in [-0.2, -0.15) is 0 Å². The number of halogens is 1. The summed E-state index contributed by atoms with van der Waals surface area (Å²) in [5.41, 5.74) is 7.18. The van der Waals surface area contributed by atoms with Crippen LogP contribution in [0.5, 0.6) is 0 Å². The molecule has 0 unspecified atom stereocenters. The van der Waals surface area contributed by atoms with Gasteiger partial charge in [0.25, 0.3) is 0 Å². The average molecular weight is 499 g/mol. The van der Waals surface area contributed by atoms with Crippen LogP contribution in [-0.2, 0) is 11.2 Å². The number of hydrogen-bond acceptors (Lipinski definition) is 3. The first kappa shape index (κ1) is 30.0. The summed E-state index contributed by atoms with van der Waals surface area (Å²) < 4.78 is 0. The van der Waals surface area contributed by atoms with E-state index in [1.54, 1.807) is 0 Å². The van der Waals surface area contributed by atoms with Crippen LogP contribution < -0.4 is 21.7 Å². The molecule has 4 rings (SSSR count). The topological polar surface area (TPSA) is 96.2 Å². The van der Waals surface area contributed by atoms with E-state index in [1.165, 1.54) is 57.7 Å². The zero-order chi connectivity index (χ0) is 25.9. The number of nitrogens with one attached hydrogen (secondary N) is 3. The SMILES string of the molecule is C#C.CC(=O)Nc1ccccc1.Clc1ccc(CC2CCNCC2)cc1.NC(=O)NC1CCCC1.